The van der Waals surface area contributed by atoms with E-state index < -0.39 is 6.16 Å². The van der Waals surface area contributed by atoms with Crippen molar-refractivity contribution in [2.75, 3.05) is 13.7 Å². The van der Waals surface area contributed by atoms with Gasteiger partial charge in [0.2, 0.25) is 0 Å². The van der Waals surface area contributed by atoms with E-state index in [0.29, 0.717) is 12.8 Å². The van der Waals surface area contributed by atoms with E-state index >= 15 is 0 Å². The Kier molecular flexibility index (Phi) is 4.22. The molecule has 2 rings (SSSR count). The van der Waals surface area contributed by atoms with Crippen LogP contribution >= 0.6 is 0 Å². The molecule has 0 bridgehead atoms. The number of para-hydroxylation sites is 1. The van der Waals surface area contributed by atoms with Crippen LogP contribution in [0.4, 0.5) is 4.79 Å². The minimum absolute atomic E-state index is 0.106. The molecule has 19 heavy (non-hydrogen) atoms. The molecule has 0 saturated heterocycles. The Balaban J connectivity index is 1.92. The standard InChI is InChI=1S/C13H15NO5/c1-17-12-5-3-2-4-10(12)11-8-9(19-14-11)6-7-18-13(15)16/h2-5,9H,6-8H2,1H3,(H,15,16). The first-order chi connectivity index (χ1) is 9.20. The number of rotatable bonds is 5. The van der Waals surface area contributed by atoms with Crippen molar-refractivity contribution in [3.05, 3.63) is 29.8 Å². The van der Waals surface area contributed by atoms with Crippen LogP contribution in [-0.4, -0.2) is 36.8 Å². The summed E-state index contributed by atoms with van der Waals surface area (Å²) >= 11 is 0. The molecule has 0 aliphatic carbocycles. The number of methoxy groups -OCH3 is 1. The molecule has 1 atom stereocenters. The van der Waals surface area contributed by atoms with Crippen molar-refractivity contribution in [1.82, 2.24) is 0 Å². The van der Waals surface area contributed by atoms with Crippen LogP contribution in [0.3, 0.4) is 0 Å². The largest absolute Gasteiger partial charge is 0.505 e. The molecule has 0 fully saturated rings. The molecular weight excluding hydrogens is 250 g/mol. The lowest BCUT2D eigenvalue weighted by Gasteiger charge is -2.08. The van der Waals surface area contributed by atoms with Crippen LogP contribution in [0.2, 0.25) is 0 Å². The van der Waals surface area contributed by atoms with Crippen LogP contribution in [0.5, 0.6) is 5.75 Å². The molecule has 0 aromatic heterocycles. The highest BCUT2D eigenvalue weighted by Gasteiger charge is 2.24. The van der Waals surface area contributed by atoms with Gasteiger partial charge in [-0.1, -0.05) is 17.3 Å². The van der Waals surface area contributed by atoms with Gasteiger partial charge in [-0.25, -0.2) is 4.79 Å². The predicted octanol–water partition coefficient (Wildman–Crippen LogP) is 2.27. The Bertz CT molecular complexity index is 486. The molecule has 102 valence electrons. The second-order valence-corrected chi connectivity index (χ2v) is 4.07. The van der Waals surface area contributed by atoms with E-state index in [2.05, 4.69) is 9.89 Å². The molecule has 0 saturated carbocycles. The van der Waals surface area contributed by atoms with Crippen LogP contribution in [0, 0.1) is 0 Å². The van der Waals surface area contributed by atoms with Crippen molar-refractivity contribution in [3.8, 4) is 5.75 Å². The first-order valence-electron chi connectivity index (χ1n) is 5.92. The molecular formula is C13H15NO5. The lowest BCUT2D eigenvalue weighted by Crippen LogP contribution is -2.13. The summed E-state index contributed by atoms with van der Waals surface area (Å²) in [5.74, 6) is 0.743. The number of nitrogens with zero attached hydrogens (tertiary/aromatic N) is 1. The normalized spacial score (nSPS) is 17.5. The van der Waals surface area contributed by atoms with Crippen molar-refractivity contribution in [2.24, 2.45) is 5.16 Å². The molecule has 1 unspecified atom stereocenters. The van der Waals surface area contributed by atoms with Gasteiger partial charge in [-0.2, -0.15) is 0 Å². The summed E-state index contributed by atoms with van der Waals surface area (Å²) in [4.78, 5) is 15.5. The third-order valence-corrected chi connectivity index (χ3v) is 2.82. The predicted molar refractivity (Wildman–Crippen MR) is 67.6 cm³/mol. The van der Waals surface area contributed by atoms with Gasteiger partial charge in [-0.15, -0.1) is 0 Å². The highest BCUT2D eigenvalue weighted by molar-refractivity contribution is 6.03. The van der Waals surface area contributed by atoms with E-state index in [1.54, 1.807) is 7.11 Å². The summed E-state index contributed by atoms with van der Waals surface area (Å²) in [6.07, 6.45) is -0.333. The maximum absolute atomic E-state index is 10.2. The summed E-state index contributed by atoms with van der Waals surface area (Å²) in [5.41, 5.74) is 1.70. The van der Waals surface area contributed by atoms with E-state index in [4.69, 9.17) is 14.7 Å². The van der Waals surface area contributed by atoms with Crippen molar-refractivity contribution in [2.45, 2.75) is 18.9 Å². The fourth-order valence-electron chi connectivity index (χ4n) is 1.90. The molecule has 1 N–H and O–H groups in total. The van der Waals surface area contributed by atoms with Gasteiger partial charge in [-0.3, -0.25) is 0 Å². The molecule has 1 aliphatic heterocycles. The molecule has 6 heteroatoms. The van der Waals surface area contributed by atoms with E-state index in [1.165, 1.54) is 0 Å². The van der Waals surface area contributed by atoms with E-state index in [9.17, 15) is 4.79 Å². The molecule has 0 spiro atoms. The molecule has 6 nitrogen and oxygen atoms in total. The van der Waals surface area contributed by atoms with Gasteiger partial charge < -0.3 is 19.4 Å². The Morgan fingerprint density at radius 2 is 2.32 bits per heavy atom. The maximum atomic E-state index is 10.2. The summed E-state index contributed by atoms with van der Waals surface area (Å²) in [6.45, 7) is 0.106. The summed E-state index contributed by atoms with van der Waals surface area (Å²) in [5, 5.41) is 12.4. The monoisotopic (exact) mass is 265 g/mol. The molecule has 1 heterocycles. The zero-order valence-corrected chi connectivity index (χ0v) is 10.5. The second-order valence-electron chi connectivity index (χ2n) is 4.07. The van der Waals surface area contributed by atoms with Crippen LogP contribution in [0.15, 0.2) is 29.4 Å². The summed E-state index contributed by atoms with van der Waals surface area (Å²) < 4.78 is 9.72. The van der Waals surface area contributed by atoms with Gasteiger partial charge >= 0.3 is 6.16 Å². The second kappa shape index (κ2) is 6.08. The zero-order chi connectivity index (χ0) is 13.7. The van der Waals surface area contributed by atoms with E-state index in [1.807, 2.05) is 24.3 Å². The van der Waals surface area contributed by atoms with Gasteiger partial charge in [0.25, 0.3) is 0 Å². The van der Waals surface area contributed by atoms with Gasteiger partial charge in [-0.05, 0) is 12.1 Å². The van der Waals surface area contributed by atoms with Crippen molar-refractivity contribution in [1.29, 1.82) is 0 Å². The smallest absolute Gasteiger partial charge is 0.496 e. The average Bonchev–Trinajstić information content (AvgIpc) is 2.87. The first-order valence-corrected chi connectivity index (χ1v) is 5.92. The van der Waals surface area contributed by atoms with Gasteiger partial charge in [0.05, 0.1) is 19.4 Å². The Morgan fingerprint density at radius 1 is 1.53 bits per heavy atom. The van der Waals surface area contributed by atoms with Crippen LogP contribution in [0.1, 0.15) is 18.4 Å². The van der Waals surface area contributed by atoms with Gasteiger partial charge in [0, 0.05) is 18.4 Å². The summed E-state index contributed by atoms with van der Waals surface area (Å²) in [6, 6.07) is 7.56. The van der Waals surface area contributed by atoms with Gasteiger partial charge in [0.15, 0.2) is 0 Å². The molecule has 1 aromatic rings. The number of oxime groups is 1. The molecule has 0 amide bonds. The number of ether oxygens (including phenoxy) is 2. The minimum Gasteiger partial charge on any atom is -0.496 e. The van der Waals surface area contributed by atoms with Crippen LogP contribution in [-0.2, 0) is 9.57 Å². The molecule has 0 radical (unpaired) electrons. The number of benzene rings is 1. The highest BCUT2D eigenvalue weighted by atomic mass is 16.7. The van der Waals surface area contributed by atoms with Gasteiger partial charge in [0.1, 0.15) is 11.9 Å². The number of hydrogen-bond acceptors (Lipinski definition) is 5. The summed E-state index contributed by atoms with van der Waals surface area (Å²) in [7, 11) is 1.60. The first kappa shape index (κ1) is 13.2. The van der Waals surface area contributed by atoms with Crippen molar-refractivity contribution >= 4 is 11.9 Å². The topological polar surface area (TPSA) is 77.3 Å². The van der Waals surface area contributed by atoms with Crippen LogP contribution < -0.4 is 4.74 Å². The minimum atomic E-state index is -1.27. The quantitative estimate of drug-likeness (QED) is 0.826. The Labute approximate surface area is 110 Å². The molecule has 1 aromatic carbocycles. The van der Waals surface area contributed by atoms with Crippen molar-refractivity contribution in [3.63, 3.8) is 0 Å². The molecule has 1 aliphatic rings. The fraction of sp³-hybridized carbons (Fsp3) is 0.385. The lowest BCUT2D eigenvalue weighted by atomic mass is 10.0. The Morgan fingerprint density at radius 3 is 3.05 bits per heavy atom. The number of hydrogen-bond donors (Lipinski definition) is 1. The van der Waals surface area contributed by atoms with Crippen molar-refractivity contribution < 1.29 is 24.2 Å². The zero-order valence-electron chi connectivity index (χ0n) is 10.5. The van der Waals surface area contributed by atoms with Crippen LogP contribution in [0.25, 0.3) is 0 Å². The fourth-order valence-corrected chi connectivity index (χ4v) is 1.90. The highest BCUT2D eigenvalue weighted by Crippen LogP contribution is 2.25. The lowest BCUT2D eigenvalue weighted by molar-refractivity contribution is 0.0448. The Hall–Kier alpha value is -2.24. The SMILES string of the molecule is COc1ccccc1C1=NOC(CCOC(=O)O)C1. The van der Waals surface area contributed by atoms with E-state index in [0.717, 1.165) is 17.0 Å². The average molecular weight is 265 g/mol. The third kappa shape index (κ3) is 3.37. The third-order valence-electron chi connectivity index (χ3n) is 2.82. The number of carboxylic acid groups (broad SMARTS) is 1. The van der Waals surface area contributed by atoms with E-state index in [-0.39, 0.29) is 12.7 Å². The number of carbonyl (C=O) groups is 1. The maximum Gasteiger partial charge on any atom is 0.505 e.